The molecular weight excluding hydrogens is 158 g/mol. The summed E-state index contributed by atoms with van der Waals surface area (Å²) in [5.74, 6) is 4.33. The van der Waals surface area contributed by atoms with Gasteiger partial charge >= 0.3 is 0 Å². The highest BCUT2D eigenvalue weighted by Gasteiger charge is 2.40. The maximum Gasteiger partial charge on any atom is -0.00175 e. The molecule has 1 N–H and O–H groups in total. The summed E-state index contributed by atoms with van der Waals surface area (Å²) < 4.78 is 0. The van der Waals surface area contributed by atoms with Gasteiger partial charge in [-0.15, -0.1) is 0 Å². The lowest BCUT2D eigenvalue weighted by Crippen LogP contribution is -2.47. The Morgan fingerprint density at radius 1 is 0.846 bits per heavy atom. The van der Waals surface area contributed by atoms with Crippen LogP contribution in [-0.4, -0.2) is 13.1 Å². The molecule has 0 aromatic carbocycles. The lowest BCUT2D eigenvalue weighted by molar-refractivity contribution is 0.0444. The van der Waals surface area contributed by atoms with Crippen LogP contribution in [0.25, 0.3) is 0 Å². The second-order valence-electron chi connectivity index (χ2n) is 5.46. The van der Waals surface area contributed by atoms with E-state index in [0.29, 0.717) is 0 Å². The van der Waals surface area contributed by atoms with Crippen molar-refractivity contribution in [1.82, 2.24) is 5.32 Å². The zero-order chi connectivity index (χ0) is 8.67. The molecule has 0 aromatic rings. The van der Waals surface area contributed by atoms with Crippen molar-refractivity contribution in [2.45, 2.75) is 38.5 Å². The van der Waals surface area contributed by atoms with Gasteiger partial charge in [0.25, 0.3) is 0 Å². The van der Waals surface area contributed by atoms with E-state index in [1.165, 1.54) is 25.9 Å². The third kappa shape index (κ3) is 1.41. The summed E-state index contributed by atoms with van der Waals surface area (Å²) >= 11 is 0. The van der Waals surface area contributed by atoms with Crippen LogP contribution >= 0.6 is 0 Å². The molecule has 3 aliphatic rings. The van der Waals surface area contributed by atoms with Crippen molar-refractivity contribution < 1.29 is 0 Å². The fraction of sp³-hybridized carbons (Fsp3) is 1.00. The van der Waals surface area contributed by atoms with E-state index in [1.807, 2.05) is 0 Å². The largest absolute Gasteiger partial charge is 0.316 e. The minimum atomic E-state index is 1.04. The van der Waals surface area contributed by atoms with Crippen molar-refractivity contribution >= 4 is 0 Å². The number of piperidine rings is 1. The molecule has 13 heavy (non-hydrogen) atoms. The van der Waals surface area contributed by atoms with Gasteiger partial charge in [0.2, 0.25) is 0 Å². The van der Waals surface area contributed by atoms with Crippen molar-refractivity contribution in [2.75, 3.05) is 13.1 Å². The van der Waals surface area contributed by atoms with Crippen molar-refractivity contribution in [3.05, 3.63) is 0 Å². The number of hydrogen-bond donors (Lipinski definition) is 1. The van der Waals surface area contributed by atoms with Gasteiger partial charge in [0.1, 0.15) is 0 Å². The molecule has 3 fully saturated rings. The average Bonchev–Trinajstić information content (AvgIpc) is 2.18. The molecule has 4 atom stereocenters. The molecule has 74 valence electrons. The fourth-order valence-electron chi connectivity index (χ4n) is 4.15. The van der Waals surface area contributed by atoms with Crippen LogP contribution in [0, 0.1) is 23.7 Å². The van der Waals surface area contributed by atoms with E-state index in [4.69, 9.17) is 0 Å². The first-order valence-corrected chi connectivity index (χ1v) is 6.14. The van der Waals surface area contributed by atoms with Crippen molar-refractivity contribution in [2.24, 2.45) is 23.7 Å². The molecule has 0 aromatic heterocycles. The summed E-state index contributed by atoms with van der Waals surface area (Å²) in [6.07, 6.45) is 9.24. The van der Waals surface area contributed by atoms with Gasteiger partial charge in [-0.1, -0.05) is 19.3 Å². The van der Waals surface area contributed by atoms with E-state index in [-0.39, 0.29) is 0 Å². The summed E-state index contributed by atoms with van der Waals surface area (Å²) in [5.41, 5.74) is 0. The number of rotatable bonds is 0. The summed E-state index contributed by atoms with van der Waals surface area (Å²) in [5, 5.41) is 3.62. The highest BCUT2D eigenvalue weighted by atomic mass is 14.9. The van der Waals surface area contributed by atoms with Crippen molar-refractivity contribution in [3.8, 4) is 0 Å². The van der Waals surface area contributed by atoms with E-state index in [9.17, 15) is 0 Å². The lowest BCUT2D eigenvalue weighted by Gasteiger charge is -2.47. The van der Waals surface area contributed by atoms with Crippen LogP contribution in [0.4, 0.5) is 0 Å². The molecule has 1 nitrogen and oxygen atoms in total. The van der Waals surface area contributed by atoms with Crippen LogP contribution in [-0.2, 0) is 0 Å². The highest BCUT2D eigenvalue weighted by molar-refractivity contribution is 4.92. The smallest absolute Gasteiger partial charge is 0.00175 e. The number of nitrogens with one attached hydrogen (secondary N) is 1. The Morgan fingerprint density at radius 3 is 2.69 bits per heavy atom. The SMILES string of the molecule is C1CCC2C(C1)CC1CNCC2C1. The Kier molecular flexibility index (Phi) is 2.08. The first kappa shape index (κ1) is 8.28. The van der Waals surface area contributed by atoms with Crippen LogP contribution in [0.15, 0.2) is 0 Å². The molecule has 1 heterocycles. The topological polar surface area (TPSA) is 12.0 Å². The van der Waals surface area contributed by atoms with E-state index in [0.717, 1.165) is 23.7 Å². The summed E-state index contributed by atoms with van der Waals surface area (Å²) in [7, 11) is 0. The Bertz CT molecular complexity index is 186. The minimum absolute atomic E-state index is 1.04. The third-order valence-corrected chi connectivity index (χ3v) is 4.69. The highest BCUT2D eigenvalue weighted by Crippen LogP contribution is 2.46. The van der Waals surface area contributed by atoms with Gasteiger partial charge in [0.15, 0.2) is 0 Å². The van der Waals surface area contributed by atoms with Gasteiger partial charge in [-0.25, -0.2) is 0 Å². The van der Waals surface area contributed by atoms with E-state index >= 15 is 0 Å². The van der Waals surface area contributed by atoms with Crippen LogP contribution in [0.5, 0.6) is 0 Å². The quantitative estimate of drug-likeness (QED) is 0.602. The zero-order valence-corrected chi connectivity index (χ0v) is 8.47. The molecule has 4 unspecified atom stereocenters. The summed E-state index contributed by atoms with van der Waals surface area (Å²) in [6.45, 7) is 2.65. The monoisotopic (exact) mass is 179 g/mol. The van der Waals surface area contributed by atoms with Gasteiger partial charge < -0.3 is 5.32 Å². The fourth-order valence-corrected chi connectivity index (χ4v) is 4.15. The van der Waals surface area contributed by atoms with Gasteiger partial charge in [-0.2, -0.15) is 0 Å². The maximum atomic E-state index is 3.62. The molecule has 2 aliphatic carbocycles. The van der Waals surface area contributed by atoms with Crippen molar-refractivity contribution in [3.63, 3.8) is 0 Å². The lowest BCUT2D eigenvalue weighted by atomic mass is 9.61. The molecule has 1 saturated heterocycles. The molecule has 1 heteroatoms. The molecule has 2 bridgehead atoms. The second kappa shape index (κ2) is 3.27. The van der Waals surface area contributed by atoms with Crippen LogP contribution in [0.3, 0.4) is 0 Å². The predicted molar refractivity (Wildman–Crippen MR) is 54.5 cm³/mol. The predicted octanol–water partition coefficient (Wildman–Crippen LogP) is 2.42. The number of hydrogen-bond acceptors (Lipinski definition) is 1. The Morgan fingerprint density at radius 2 is 1.69 bits per heavy atom. The van der Waals surface area contributed by atoms with E-state index in [1.54, 1.807) is 25.7 Å². The van der Waals surface area contributed by atoms with Crippen molar-refractivity contribution in [1.29, 1.82) is 0 Å². The maximum absolute atomic E-state index is 3.62. The standard InChI is InChI=1S/C12H21N/c1-2-4-12-10(3-1)5-9-6-11(12)8-13-7-9/h9-13H,1-8H2. The Balaban J connectivity index is 1.77. The van der Waals surface area contributed by atoms with Crippen LogP contribution < -0.4 is 5.32 Å². The normalized spacial score (nSPS) is 49.8. The van der Waals surface area contributed by atoms with Gasteiger partial charge in [0, 0.05) is 0 Å². The molecule has 3 rings (SSSR count). The minimum Gasteiger partial charge on any atom is -0.316 e. The molecular formula is C12H21N. The Labute approximate surface area is 81.3 Å². The van der Waals surface area contributed by atoms with Crippen LogP contribution in [0.2, 0.25) is 0 Å². The summed E-state index contributed by atoms with van der Waals surface area (Å²) in [6, 6.07) is 0. The molecule has 0 spiro atoms. The van der Waals surface area contributed by atoms with E-state index in [2.05, 4.69) is 5.32 Å². The third-order valence-electron chi connectivity index (χ3n) is 4.69. The van der Waals surface area contributed by atoms with Crippen LogP contribution in [0.1, 0.15) is 38.5 Å². The van der Waals surface area contributed by atoms with Gasteiger partial charge in [-0.05, 0) is 56.0 Å². The summed E-state index contributed by atoms with van der Waals surface area (Å²) in [4.78, 5) is 0. The molecule has 2 saturated carbocycles. The number of fused-ring (bicyclic) bond motifs is 4. The molecule has 0 amide bonds. The van der Waals surface area contributed by atoms with Gasteiger partial charge in [0.05, 0.1) is 0 Å². The first-order valence-electron chi connectivity index (χ1n) is 6.14. The average molecular weight is 179 g/mol. The van der Waals surface area contributed by atoms with E-state index < -0.39 is 0 Å². The Hall–Kier alpha value is -0.0400. The second-order valence-corrected chi connectivity index (χ2v) is 5.46. The van der Waals surface area contributed by atoms with Gasteiger partial charge in [-0.3, -0.25) is 0 Å². The zero-order valence-electron chi connectivity index (χ0n) is 8.47. The molecule has 0 radical (unpaired) electrons. The first-order chi connectivity index (χ1) is 6.43. The molecule has 1 aliphatic heterocycles.